The number of halogens is 1. The van der Waals surface area contributed by atoms with Crippen LogP contribution in [0.3, 0.4) is 0 Å². The van der Waals surface area contributed by atoms with Crippen LogP contribution < -0.4 is 5.73 Å². The fraction of sp³-hybridized carbons (Fsp3) is 0.442. The molecule has 9 rings (SSSR count). The van der Waals surface area contributed by atoms with Gasteiger partial charge in [-0.2, -0.15) is 4.39 Å². The quantitative estimate of drug-likeness (QED) is 0.129. The fourth-order valence-corrected chi connectivity index (χ4v) is 11.2. The van der Waals surface area contributed by atoms with Gasteiger partial charge in [0.25, 0.3) is 0 Å². The molecular weight excluding hydrogens is 998 g/mol. The maximum atomic E-state index is 12.7. The molecular formula is C52H64FN7O8S4. The number of carboxylic acids is 1. The third-order valence-electron chi connectivity index (χ3n) is 11.1. The number of ketones is 1. The van der Waals surface area contributed by atoms with Crippen LogP contribution in [0.5, 0.6) is 0 Å². The van der Waals surface area contributed by atoms with E-state index < -0.39 is 47.5 Å². The summed E-state index contributed by atoms with van der Waals surface area (Å²) in [6, 6.07) is 17.0. The minimum atomic E-state index is -1.46. The number of anilines is 1. The number of nitrogens with zero attached hydrogens (tertiary/aromatic N) is 6. The largest absolute Gasteiger partial charge is 0.480 e. The van der Waals surface area contributed by atoms with Crippen molar-refractivity contribution in [2.24, 2.45) is 5.92 Å². The van der Waals surface area contributed by atoms with Gasteiger partial charge in [-0.05, 0) is 80.1 Å². The number of amides is 2. The highest BCUT2D eigenvalue weighted by atomic mass is 32.1. The van der Waals surface area contributed by atoms with Gasteiger partial charge < -0.3 is 20.3 Å². The molecule has 2 saturated heterocycles. The molecule has 0 spiro atoms. The van der Waals surface area contributed by atoms with Gasteiger partial charge in [0, 0.05) is 64.6 Å². The van der Waals surface area contributed by atoms with E-state index in [1.165, 1.54) is 29.1 Å². The first kappa shape index (κ1) is 56.9. The van der Waals surface area contributed by atoms with Crippen molar-refractivity contribution in [2.75, 3.05) is 18.8 Å². The number of hydrogen-bond acceptors (Lipinski definition) is 16. The smallest absolute Gasteiger partial charge is 0.411 e. The molecule has 0 unspecified atom stereocenters. The highest BCUT2D eigenvalue weighted by Crippen LogP contribution is 2.38. The second-order valence-corrected chi connectivity index (χ2v) is 22.8. The Hall–Kier alpha value is -5.96. The zero-order valence-corrected chi connectivity index (χ0v) is 43.9. The van der Waals surface area contributed by atoms with E-state index in [1.54, 1.807) is 87.9 Å². The van der Waals surface area contributed by atoms with E-state index in [1.807, 2.05) is 59.3 Å². The Morgan fingerprint density at radius 2 is 1.12 bits per heavy atom. The fourth-order valence-electron chi connectivity index (χ4n) is 7.92. The van der Waals surface area contributed by atoms with Gasteiger partial charge in [-0.1, -0.05) is 92.3 Å². The molecule has 2 atom stereocenters. The Morgan fingerprint density at radius 3 is 1.58 bits per heavy atom. The third kappa shape index (κ3) is 16.3. The van der Waals surface area contributed by atoms with Crippen molar-refractivity contribution >= 4 is 80.3 Å². The lowest BCUT2D eigenvalue weighted by Crippen LogP contribution is -2.43. The number of aliphatic carboxylic acids is 1. The average molecular weight is 1060 g/mol. The Bertz CT molecular complexity index is 2620. The first-order chi connectivity index (χ1) is 33.8. The molecule has 6 aromatic rings. The number of likely N-dealkylation sites (tertiary alicyclic amines) is 2. The average Bonchev–Trinajstić information content (AvgIpc) is 4.17. The summed E-state index contributed by atoms with van der Waals surface area (Å²) >= 11 is 6.26. The van der Waals surface area contributed by atoms with Crippen molar-refractivity contribution in [1.29, 1.82) is 0 Å². The summed E-state index contributed by atoms with van der Waals surface area (Å²) in [5, 5.41) is 17.2. The lowest BCUT2D eigenvalue weighted by Gasteiger charge is -2.26. The Kier molecular flexibility index (Phi) is 20.7. The molecule has 1 aliphatic carbocycles. The zero-order chi connectivity index (χ0) is 51.3. The lowest BCUT2D eigenvalue weighted by molar-refractivity contribution is -0.142. The Balaban J connectivity index is 0.000000182. The van der Waals surface area contributed by atoms with Crippen LogP contribution in [0.1, 0.15) is 105 Å². The first-order valence-corrected chi connectivity index (χ1v) is 26.8. The third-order valence-corrected chi connectivity index (χ3v) is 14.9. The predicted octanol–water partition coefficient (Wildman–Crippen LogP) is 12.7. The topological polar surface area (TPSA) is 208 Å². The summed E-state index contributed by atoms with van der Waals surface area (Å²) in [7, 11) is 0. The molecule has 15 nitrogen and oxygen atoms in total. The number of carbonyl (C=O) groups excluding carboxylic acids is 4. The van der Waals surface area contributed by atoms with Crippen LogP contribution in [-0.2, 0) is 30.3 Å². The van der Waals surface area contributed by atoms with Crippen molar-refractivity contribution in [3.05, 3.63) is 88.7 Å². The SMILES string of the molecule is C.CC(C)(C)OC(=O)N1CCC[C@H]1C(=O)F.CC(C)(C)OC(=O)N1CCC[C@H]1C(=O)O.Nc1sc(-c2nccs2)nc1-c1ccccc1.O=C(Cc1sc(-c2nccs2)nc1-c1ccccc1)C1CCCC1. The number of thiazole rings is 4. The summed E-state index contributed by atoms with van der Waals surface area (Å²) < 4.78 is 22.8. The number of rotatable bonds is 9. The first-order valence-electron chi connectivity index (χ1n) is 23.4. The number of aromatic nitrogens is 4. The number of carbonyl (C=O) groups is 5. The Morgan fingerprint density at radius 1 is 0.667 bits per heavy atom. The Labute approximate surface area is 436 Å². The molecule has 3 aliphatic rings. The molecule has 20 heteroatoms. The van der Waals surface area contributed by atoms with Crippen molar-refractivity contribution < 1.29 is 42.9 Å². The van der Waals surface area contributed by atoms with E-state index in [0.717, 1.165) is 76.6 Å². The minimum Gasteiger partial charge on any atom is -0.480 e. The van der Waals surface area contributed by atoms with Crippen LogP contribution in [0, 0.1) is 5.92 Å². The van der Waals surface area contributed by atoms with Crippen LogP contribution in [0.2, 0.25) is 0 Å². The van der Waals surface area contributed by atoms with Gasteiger partial charge in [-0.25, -0.2) is 34.3 Å². The van der Waals surface area contributed by atoms with E-state index in [4.69, 9.17) is 25.3 Å². The van der Waals surface area contributed by atoms with Crippen LogP contribution >= 0.6 is 45.3 Å². The predicted molar refractivity (Wildman–Crippen MR) is 285 cm³/mol. The summed E-state index contributed by atoms with van der Waals surface area (Å²) in [6.45, 7) is 11.3. The lowest BCUT2D eigenvalue weighted by atomic mass is 9.98. The number of benzene rings is 2. The highest BCUT2D eigenvalue weighted by Gasteiger charge is 2.38. The molecule has 2 aromatic carbocycles. The molecule has 386 valence electrons. The maximum absolute atomic E-state index is 12.7. The molecule has 2 aliphatic heterocycles. The maximum Gasteiger partial charge on any atom is 0.411 e. The van der Waals surface area contributed by atoms with Gasteiger partial charge in [0.05, 0.1) is 5.69 Å². The number of hydrogen-bond donors (Lipinski definition) is 2. The molecule has 6 heterocycles. The second kappa shape index (κ2) is 26.1. The summed E-state index contributed by atoms with van der Waals surface area (Å²) in [6.07, 6.45) is 9.66. The number of nitrogens with two attached hydrogens (primary N) is 1. The normalized spacial score (nSPS) is 16.5. The highest BCUT2D eigenvalue weighted by molar-refractivity contribution is 7.23. The van der Waals surface area contributed by atoms with E-state index in [0.29, 0.717) is 44.6 Å². The zero-order valence-electron chi connectivity index (χ0n) is 40.7. The number of nitrogen functional groups attached to an aromatic ring is 1. The van der Waals surface area contributed by atoms with Crippen LogP contribution in [0.25, 0.3) is 42.5 Å². The van der Waals surface area contributed by atoms with E-state index in [2.05, 4.69) is 27.1 Å². The van der Waals surface area contributed by atoms with E-state index in [9.17, 15) is 28.4 Å². The van der Waals surface area contributed by atoms with E-state index >= 15 is 0 Å². The van der Waals surface area contributed by atoms with Crippen molar-refractivity contribution in [3.8, 4) is 42.5 Å². The minimum absolute atomic E-state index is 0. The van der Waals surface area contributed by atoms with Crippen molar-refractivity contribution in [1.82, 2.24) is 29.7 Å². The van der Waals surface area contributed by atoms with Crippen LogP contribution in [0.15, 0.2) is 83.8 Å². The van der Waals surface area contributed by atoms with Gasteiger partial charge in [-0.15, -0.1) is 34.0 Å². The summed E-state index contributed by atoms with van der Waals surface area (Å²) in [5.41, 5.74) is 8.72. The standard InChI is InChI=1S/C19H18N2OS2.C12H9N3S2.C10H16FNO3.C10H17NO4.CH4/c22-15(13-6-4-5-7-13)12-16-17(14-8-2-1-3-9-14)21-19(24-16)18-20-10-11-23-18;13-10-9(8-4-2-1-3-5-8)15-12(17-10)11-14-6-7-16-11;1-10(2,3)15-9(14)12-6-4-5-7(12)8(11)13;1-10(2,3)15-9(14)11-6-4-5-7(11)8(12)13;/h1-3,8-11,13H,4-7,12H2;1-7H,13H2;7H,4-6H2,1-3H3;7H,4-6H2,1-3H3,(H,12,13);1H4/t;;2*7-;/m..00./s1. The summed E-state index contributed by atoms with van der Waals surface area (Å²) in [5.74, 6) is -0.337. The molecule has 2 amide bonds. The number of carboxylic acid groups (broad SMARTS) is 1. The van der Waals surface area contributed by atoms with Crippen molar-refractivity contribution in [3.63, 3.8) is 0 Å². The van der Waals surface area contributed by atoms with Gasteiger partial charge in [0.15, 0.2) is 20.0 Å². The second-order valence-electron chi connectivity index (χ2n) is 18.9. The van der Waals surface area contributed by atoms with Crippen LogP contribution in [-0.4, -0.2) is 101 Å². The molecule has 3 fully saturated rings. The molecule has 1 saturated carbocycles. The van der Waals surface area contributed by atoms with E-state index in [-0.39, 0.29) is 13.3 Å². The number of ether oxygens (including phenoxy) is 2. The van der Waals surface area contributed by atoms with Crippen LogP contribution in [0.4, 0.5) is 19.0 Å². The van der Waals surface area contributed by atoms with Gasteiger partial charge in [0.2, 0.25) is 0 Å². The molecule has 72 heavy (non-hydrogen) atoms. The van der Waals surface area contributed by atoms with Crippen molar-refractivity contribution in [2.45, 2.75) is 130 Å². The van der Waals surface area contributed by atoms with Gasteiger partial charge in [0.1, 0.15) is 39.8 Å². The summed E-state index contributed by atoms with van der Waals surface area (Å²) in [4.78, 5) is 78.8. The van der Waals surface area contributed by atoms with Gasteiger partial charge >= 0.3 is 24.2 Å². The molecule has 3 N–H and O–H groups in total. The number of Topliss-reactive ketones (excluding diaryl/α,β-unsaturated/α-hetero) is 1. The monoisotopic (exact) mass is 1060 g/mol. The molecule has 0 bridgehead atoms. The molecule has 4 aromatic heterocycles. The molecule has 0 radical (unpaired) electrons. The van der Waals surface area contributed by atoms with Gasteiger partial charge in [-0.3, -0.25) is 19.4 Å².